The first-order chi connectivity index (χ1) is 7.83. The van der Waals surface area contributed by atoms with E-state index < -0.39 is 5.60 Å². The number of amides is 1. The van der Waals surface area contributed by atoms with E-state index in [4.69, 9.17) is 9.47 Å². The highest BCUT2D eigenvalue weighted by molar-refractivity contribution is 9.09. The third kappa shape index (κ3) is 4.84. The van der Waals surface area contributed by atoms with Crippen LogP contribution in [0.4, 0.5) is 4.79 Å². The summed E-state index contributed by atoms with van der Waals surface area (Å²) < 4.78 is 11.0. The van der Waals surface area contributed by atoms with Crippen LogP contribution in [0.15, 0.2) is 0 Å². The van der Waals surface area contributed by atoms with Gasteiger partial charge in [0.2, 0.25) is 0 Å². The second kappa shape index (κ2) is 6.05. The summed E-state index contributed by atoms with van der Waals surface area (Å²) in [5, 5.41) is 0. The Bertz CT molecular complexity index is 265. The van der Waals surface area contributed by atoms with Gasteiger partial charge < -0.3 is 14.4 Å². The van der Waals surface area contributed by atoms with E-state index >= 15 is 0 Å². The highest BCUT2D eigenvalue weighted by atomic mass is 79.9. The summed E-state index contributed by atoms with van der Waals surface area (Å²) in [6.45, 7) is 9.67. The van der Waals surface area contributed by atoms with Gasteiger partial charge in [0.05, 0.1) is 17.5 Å². The summed E-state index contributed by atoms with van der Waals surface area (Å²) in [5.74, 6) is 0. The van der Waals surface area contributed by atoms with Crippen molar-refractivity contribution in [2.45, 2.75) is 50.6 Å². The van der Waals surface area contributed by atoms with Gasteiger partial charge in [-0.15, -0.1) is 0 Å². The fourth-order valence-corrected chi connectivity index (χ4v) is 2.31. The zero-order valence-corrected chi connectivity index (χ0v) is 12.6. The van der Waals surface area contributed by atoms with Crippen molar-refractivity contribution >= 4 is 22.0 Å². The number of rotatable bonds is 3. The fourth-order valence-electron chi connectivity index (χ4n) is 1.64. The predicted molar refractivity (Wildman–Crippen MR) is 70.6 cm³/mol. The van der Waals surface area contributed by atoms with Crippen LogP contribution in [0.25, 0.3) is 0 Å². The minimum atomic E-state index is -0.443. The van der Waals surface area contributed by atoms with Gasteiger partial charge in [-0.1, -0.05) is 22.9 Å². The van der Waals surface area contributed by atoms with Crippen LogP contribution in [0.1, 0.15) is 34.1 Å². The number of hydrogen-bond donors (Lipinski definition) is 0. The maximum Gasteiger partial charge on any atom is 0.410 e. The van der Waals surface area contributed by atoms with Gasteiger partial charge in [-0.25, -0.2) is 4.79 Å². The molecule has 0 N–H and O–H groups in total. The van der Waals surface area contributed by atoms with Gasteiger partial charge in [-0.2, -0.15) is 0 Å². The van der Waals surface area contributed by atoms with Crippen LogP contribution in [0.5, 0.6) is 0 Å². The lowest BCUT2D eigenvalue weighted by Crippen LogP contribution is -2.36. The van der Waals surface area contributed by atoms with Crippen molar-refractivity contribution in [3.8, 4) is 0 Å². The number of ether oxygens (including phenoxy) is 2. The molecule has 17 heavy (non-hydrogen) atoms. The van der Waals surface area contributed by atoms with Gasteiger partial charge in [0, 0.05) is 13.2 Å². The van der Waals surface area contributed by atoms with E-state index in [2.05, 4.69) is 22.9 Å². The highest BCUT2D eigenvalue weighted by Crippen LogP contribution is 2.22. The number of likely N-dealkylation sites (tertiary alicyclic amines) is 1. The molecule has 0 radical (unpaired) electrons. The largest absolute Gasteiger partial charge is 0.444 e. The molecule has 1 heterocycles. The van der Waals surface area contributed by atoms with Gasteiger partial charge in [0.1, 0.15) is 5.60 Å². The maximum atomic E-state index is 11.9. The number of hydrogen-bond acceptors (Lipinski definition) is 3. The average Bonchev–Trinajstić information content (AvgIpc) is 2.54. The minimum Gasteiger partial charge on any atom is -0.444 e. The molecule has 0 aliphatic carbocycles. The van der Waals surface area contributed by atoms with Crippen molar-refractivity contribution in [1.29, 1.82) is 0 Å². The van der Waals surface area contributed by atoms with E-state index in [1.54, 1.807) is 4.90 Å². The Kier molecular flexibility index (Phi) is 5.25. The zero-order valence-electron chi connectivity index (χ0n) is 11.0. The summed E-state index contributed by atoms with van der Waals surface area (Å²) in [6.07, 6.45) is 0.801. The first kappa shape index (κ1) is 14.8. The molecular weight excluding hydrogens is 286 g/mol. The van der Waals surface area contributed by atoms with Crippen LogP contribution in [-0.4, -0.2) is 47.2 Å². The molecule has 0 aromatic rings. The first-order valence-electron chi connectivity index (χ1n) is 6.07. The molecule has 1 aliphatic heterocycles. The molecule has 1 aliphatic rings. The van der Waals surface area contributed by atoms with E-state index in [1.807, 2.05) is 20.8 Å². The van der Waals surface area contributed by atoms with Gasteiger partial charge >= 0.3 is 6.09 Å². The average molecular weight is 308 g/mol. The molecule has 100 valence electrons. The zero-order chi connectivity index (χ0) is 13.1. The molecule has 0 bridgehead atoms. The standard InChI is InChI=1S/C12H22BrNO3/c1-5-6-16-10-8-14(7-9(10)13)11(15)17-12(2,3)4/h9-10H,5-8H2,1-4H3. The van der Waals surface area contributed by atoms with Crippen LogP contribution >= 0.6 is 15.9 Å². The molecule has 1 rings (SSSR count). The van der Waals surface area contributed by atoms with E-state index in [-0.39, 0.29) is 17.0 Å². The quantitative estimate of drug-likeness (QED) is 0.753. The lowest BCUT2D eigenvalue weighted by atomic mass is 10.2. The maximum absolute atomic E-state index is 11.9. The smallest absolute Gasteiger partial charge is 0.410 e. The molecular formula is C12H22BrNO3. The molecule has 2 atom stereocenters. The Balaban J connectivity index is 2.45. The van der Waals surface area contributed by atoms with Crippen molar-refractivity contribution in [2.24, 2.45) is 0 Å². The van der Waals surface area contributed by atoms with Crippen LogP contribution in [0.2, 0.25) is 0 Å². The van der Waals surface area contributed by atoms with Gasteiger partial charge in [-0.05, 0) is 27.2 Å². The van der Waals surface area contributed by atoms with Gasteiger partial charge in [0.15, 0.2) is 0 Å². The summed E-state index contributed by atoms with van der Waals surface area (Å²) in [6, 6.07) is 0. The monoisotopic (exact) mass is 307 g/mol. The number of nitrogens with zero attached hydrogens (tertiary/aromatic N) is 1. The molecule has 1 amide bonds. The third-order valence-electron chi connectivity index (χ3n) is 2.39. The highest BCUT2D eigenvalue weighted by Gasteiger charge is 2.36. The molecule has 1 saturated heterocycles. The van der Waals surface area contributed by atoms with E-state index in [1.165, 1.54) is 0 Å². The van der Waals surface area contributed by atoms with Crippen molar-refractivity contribution < 1.29 is 14.3 Å². The molecule has 0 saturated carbocycles. The second-order valence-corrected chi connectivity index (χ2v) is 6.49. The topological polar surface area (TPSA) is 38.8 Å². The Morgan fingerprint density at radius 2 is 2.06 bits per heavy atom. The lowest BCUT2D eigenvalue weighted by molar-refractivity contribution is 0.0213. The predicted octanol–water partition coefficient (Wildman–Crippen LogP) is 2.80. The molecule has 2 unspecified atom stereocenters. The summed E-state index contributed by atoms with van der Waals surface area (Å²) in [5.41, 5.74) is -0.443. The summed E-state index contributed by atoms with van der Waals surface area (Å²) in [7, 11) is 0. The van der Waals surface area contributed by atoms with Crippen molar-refractivity contribution in [3.05, 3.63) is 0 Å². The Labute approximate surface area is 112 Å². The van der Waals surface area contributed by atoms with Gasteiger partial charge in [0.25, 0.3) is 0 Å². The van der Waals surface area contributed by atoms with Crippen LogP contribution in [0.3, 0.4) is 0 Å². The molecule has 4 nitrogen and oxygen atoms in total. The van der Waals surface area contributed by atoms with E-state index in [9.17, 15) is 4.79 Å². The van der Waals surface area contributed by atoms with E-state index in [0.29, 0.717) is 13.1 Å². The summed E-state index contributed by atoms with van der Waals surface area (Å²) in [4.78, 5) is 13.7. The SMILES string of the molecule is CCCOC1CN(C(=O)OC(C)(C)C)CC1Br. The van der Waals surface area contributed by atoms with Crippen LogP contribution < -0.4 is 0 Å². The number of halogens is 1. The Hall–Kier alpha value is -0.290. The van der Waals surface area contributed by atoms with Crippen LogP contribution in [0, 0.1) is 0 Å². The van der Waals surface area contributed by atoms with E-state index in [0.717, 1.165) is 13.0 Å². The molecule has 1 fully saturated rings. The van der Waals surface area contributed by atoms with Crippen molar-refractivity contribution in [3.63, 3.8) is 0 Å². The lowest BCUT2D eigenvalue weighted by Gasteiger charge is -2.24. The fraction of sp³-hybridized carbons (Fsp3) is 0.917. The summed E-state index contributed by atoms with van der Waals surface area (Å²) >= 11 is 3.55. The Morgan fingerprint density at radius 3 is 2.59 bits per heavy atom. The number of carbonyl (C=O) groups excluding carboxylic acids is 1. The Morgan fingerprint density at radius 1 is 1.41 bits per heavy atom. The minimum absolute atomic E-state index is 0.0717. The molecule has 0 aromatic carbocycles. The van der Waals surface area contributed by atoms with Crippen molar-refractivity contribution in [2.75, 3.05) is 19.7 Å². The first-order valence-corrected chi connectivity index (χ1v) is 6.98. The molecule has 0 spiro atoms. The van der Waals surface area contributed by atoms with Crippen molar-refractivity contribution in [1.82, 2.24) is 4.90 Å². The number of carbonyl (C=O) groups is 1. The third-order valence-corrected chi connectivity index (χ3v) is 3.27. The second-order valence-electron chi connectivity index (χ2n) is 5.31. The number of alkyl halides is 1. The molecule has 0 aromatic heterocycles. The normalized spacial score (nSPS) is 25.1. The van der Waals surface area contributed by atoms with Gasteiger partial charge in [-0.3, -0.25) is 0 Å². The van der Waals surface area contributed by atoms with Crippen LogP contribution in [-0.2, 0) is 9.47 Å². The molecule has 5 heteroatoms.